The molecule has 0 amide bonds. The van der Waals surface area contributed by atoms with Crippen molar-refractivity contribution in [2.24, 2.45) is 5.73 Å². The van der Waals surface area contributed by atoms with Gasteiger partial charge in [0.05, 0.1) is 16.5 Å². The average molecular weight is 305 g/mol. The number of rotatable bonds is 3. The molecule has 0 heterocycles. The van der Waals surface area contributed by atoms with Gasteiger partial charge in [0.25, 0.3) is 5.69 Å². The molecule has 0 unspecified atom stereocenters. The van der Waals surface area contributed by atoms with Gasteiger partial charge < -0.3 is 15.6 Å². The van der Waals surface area contributed by atoms with Crippen LogP contribution in [0.25, 0.3) is 0 Å². The lowest BCUT2D eigenvalue weighted by molar-refractivity contribution is -0.385. The minimum absolute atomic E-state index is 0.0714. The number of hydrogen-bond acceptors (Lipinski definition) is 6. The van der Waals surface area contributed by atoms with E-state index in [-0.39, 0.29) is 21.5 Å². The summed E-state index contributed by atoms with van der Waals surface area (Å²) in [4.78, 5) is 21.2. The van der Waals surface area contributed by atoms with Crippen LogP contribution >= 0.6 is 15.9 Å². The molecule has 0 saturated heterocycles. The first-order valence-electron chi connectivity index (χ1n) is 4.38. The van der Waals surface area contributed by atoms with Crippen molar-refractivity contribution in [3.63, 3.8) is 0 Å². The van der Waals surface area contributed by atoms with Crippen LogP contribution < -0.4 is 5.73 Å². The zero-order chi connectivity index (χ0) is 13.2. The van der Waals surface area contributed by atoms with Gasteiger partial charge >= 0.3 is 5.97 Å². The highest BCUT2D eigenvalue weighted by Gasteiger charge is 2.24. The van der Waals surface area contributed by atoms with Crippen molar-refractivity contribution in [3.05, 3.63) is 32.3 Å². The maximum absolute atomic E-state index is 11.2. The number of carbonyl (C=O) groups excluding carboxylic acids is 1. The summed E-state index contributed by atoms with van der Waals surface area (Å²) < 4.78 is 4.49. The minimum atomic E-state index is -1.28. The number of halogens is 1. The zero-order valence-electron chi connectivity index (χ0n) is 8.71. The maximum Gasteiger partial charge on any atom is 0.327 e. The van der Waals surface area contributed by atoms with Crippen LogP contribution in [-0.4, -0.2) is 23.1 Å². The van der Waals surface area contributed by atoms with Crippen LogP contribution in [0.4, 0.5) is 5.69 Å². The number of nitrogens with two attached hydrogens (primary N) is 1. The number of carbonyl (C=O) groups is 1. The summed E-state index contributed by atoms with van der Waals surface area (Å²) in [5.41, 5.74) is 5.15. The molecule has 0 aliphatic heterocycles. The normalized spacial score (nSPS) is 11.9. The fourth-order valence-electron chi connectivity index (χ4n) is 1.20. The molecule has 7 nitrogen and oxygen atoms in total. The van der Waals surface area contributed by atoms with Gasteiger partial charge in [-0.15, -0.1) is 0 Å². The predicted molar refractivity (Wildman–Crippen MR) is 61.4 cm³/mol. The Balaban J connectivity index is 3.31. The molecular weight excluding hydrogens is 296 g/mol. The van der Waals surface area contributed by atoms with Crippen LogP contribution in [0, 0.1) is 10.1 Å². The summed E-state index contributed by atoms with van der Waals surface area (Å²) in [5, 5.41) is 20.3. The van der Waals surface area contributed by atoms with Crippen LogP contribution in [0.5, 0.6) is 5.75 Å². The van der Waals surface area contributed by atoms with Gasteiger partial charge in [0.1, 0.15) is 11.8 Å². The third kappa shape index (κ3) is 2.71. The van der Waals surface area contributed by atoms with Crippen LogP contribution in [0.15, 0.2) is 16.6 Å². The second-order valence-electron chi connectivity index (χ2n) is 3.12. The Morgan fingerprint density at radius 1 is 1.65 bits per heavy atom. The highest BCUT2D eigenvalue weighted by atomic mass is 79.9. The number of ether oxygens (including phenoxy) is 1. The van der Waals surface area contributed by atoms with Gasteiger partial charge in [-0.2, -0.15) is 0 Å². The number of esters is 1. The van der Waals surface area contributed by atoms with E-state index < -0.39 is 16.9 Å². The predicted octanol–water partition coefficient (Wildman–Crippen LogP) is 1.24. The first-order valence-corrected chi connectivity index (χ1v) is 5.18. The van der Waals surface area contributed by atoms with E-state index in [0.29, 0.717) is 0 Å². The second kappa shape index (κ2) is 5.11. The van der Waals surface area contributed by atoms with Gasteiger partial charge in [0.15, 0.2) is 0 Å². The first-order chi connectivity index (χ1) is 7.88. The molecule has 1 aromatic carbocycles. The van der Waals surface area contributed by atoms with E-state index in [2.05, 4.69) is 20.7 Å². The number of phenolic OH excluding ortho intramolecular Hbond substituents is 1. The molecule has 1 rings (SSSR count). The van der Waals surface area contributed by atoms with Crippen molar-refractivity contribution in [2.75, 3.05) is 7.11 Å². The van der Waals surface area contributed by atoms with Crippen LogP contribution in [0.3, 0.4) is 0 Å². The summed E-state index contributed by atoms with van der Waals surface area (Å²) in [6.07, 6.45) is 0. The zero-order valence-corrected chi connectivity index (χ0v) is 10.3. The number of methoxy groups -OCH3 is 1. The minimum Gasteiger partial charge on any atom is -0.506 e. The molecule has 8 heteroatoms. The van der Waals surface area contributed by atoms with E-state index >= 15 is 0 Å². The standard InChI is InChI=1S/C9H9BrN2O5/c1-17-9(14)7(11)5-2-4(12(15)16)3-6(10)8(5)13/h2-3,7,13H,11H2,1H3/t7-/m0/s1. The topological polar surface area (TPSA) is 116 Å². The summed E-state index contributed by atoms with van der Waals surface area (Å²) in [5.74, 6) is -1.12. The largest absolute Gasteiger partial charge is 0.506 e. The highest BCUT2D eigenvalue weighted by Crippen LogP contribution is 2.35. The van der Waals surface area contributed by atoms with Crippen LogP contribution in [0.2, 0.25) is 0 Å². The Morgan fingerprint density at radius 2 is 2.24 bits per heavy atom. The molecule has 0 aliphatic rings. The molecule has 0 spiro atoms. The molecule has 1 aromatic rings. The van der Waals surface area contributed by atoms with Gasteiger partial charge in [-0.3, -0.25) is 14.9 Å². The van der Waals surface area contributed by atoms with Crippen molar-refractivity contribution in [1.29, 1.82) is 0 Å². The first kappa shape index (κ1) is 13.4. The molecule has 0 fully saturated rings. The number of phenols is 1. The molecule has 0 radical (unpaired) electrons. The number of benzene rings is 1. The Morgan fingerprint density at radius 3 is 2.71 bits per heavy atom. The molecule has 92 valence electrons. The van der Waals surface area contributed by atoms with Gasteiger partial charge in [-0.05, 0) is 15.9 Å². The summed E-state index contributed by atoms with van der Waals surface area (Å²) in [6, 6.07) is 0.862. The number of hydrogen-bond donors (Lipinski definition) is 2. The van der Waals surface area contributed by atoms with Gasteiger partial charge in [0, 0.05) is 17.7 Å². The van der Waals surface area contributed by atoms with E-state index in [1.165, 1.54) is 0 Å². The smallest absolute Gasteiger partial charge is 0.327 e. The molecular formula is C9H9BrN2O5. The fourth-order valence-corrected chi connectivity index (χ4v) is 1.67. The van der Waals surface area contributed by atoms with Crippen molar-refractivity contribution < 1.29 is 19.6 Å². The number of nitro benzene ring substituents is 1. The summed E-state index contributed by atoms with van der Waals surface area (Å²) in [6.45, 7) is 0. The Bertz CT molecular complexity index is 477. The van der Waals surface area contributed by atoms with E-state index in [9.17, 15) is 20.0 Å². The lowest BCUT2D eigenvalue weighted by atomic mass is 10.1. The number of nitro groups is 1. The van der Waals surface area contributed by atoms with Crippen LogP contribution in [-0.2, 0) is 9.53 Å². The summed E-state index contributed by atoms with van der Waals surface area (Å²) in [7, 11) is 1.13. The maximum atomic E-state index is 11.2. The molecule has 0 aromatic heterocycles. The van der Waals surface area contributed by atoms with Crippen LogP contribution in [0.1, 0.15) is 11.6 Å². The Kier molecular flexibility index (Phi) is 4.02. The molecule has 17 heavy (non-hydrogen) atoms. The van der Waals surface area contributed by atoms with Crippen molar-refractivity contribution >= 4 is 27.6 Å². The lowest BCUT2D eigenvalue weighted by Crippen LogP contribution is -2.22. The van der Waals surface area contributed by atoms with Gasteiger partial charge in [-0.1, -0.05) is 0 Å². The SMILES string of the molecule is COC(=O)[C@@H](N)c1cc([N+](=O)[O-])cc(Br)c1O. The van der Waals surface area contributed by atoms with Crippen molar-refractivity contribution in [2.45, 2.75) is 6.04 Å². The van der Waals surface area contributed by atoms with E-state index in [4.69, 9.17) is 5.73 Å². The number of non-ortho nitro benzene ring substituents is 1. The Labute approximate surface area is 104 Å². The quantitative estimate of drug-likeness (QED) is 0.493. The van der Waals surface area contributed by atoms with E-state index in [1.807, 2.05) is 0 Å². The van der Waals surface area contributed by atoms with E-state index in [0.717, 1.165) is 19.2 Å². The van der Waals surface area contributed by atoms with E-state index in [1.54, 1.807) is 0 Å². The second-order valence-corrected chi connectivity index (χ2v) is 3.98. The number of nitrogens with zero attached hydrogens (tertiary/aromatic N) is 1. The van der Waals surface area contributed by atoms with Crippen molar-refractivity contribution in [1.82, 2.24) is 0 Å². The number of aromatic hydroxyl groups is 1. The van der Waals surface area contributed by atoms with Gasteiger partial charge in [0.2, 0.25) is 0 Å². The third-order valence-electron chi connectivity index (χ3n) is 2.08. The molecule has 1 atom stereocenters. The molecule has 0 saturated carbocycles. The fraction of sp³-hybridized carbons (Fsp3) is 0.222. The molecule has 0 aliphatic carbocycles. The third-order valence-corrected chi connectivity index (χ3v) is 2.68. The lowest BCUT2D eigenvalue weighted by Gasteiger charge is -2.12. The molecule has 0 bridgehead atoms. The monoisotopic (exact) mass is 304 g/mol. The molecule has 3 N–H and O–H groups in total. The van der Waals surface area contributed by atoms with Gasteiger partial charge in [-0.25, -0.2) is 0 Å². The average Bonchev–Trinajstić information content (AvgIpc) is 2.30. The Hall–Kier alpha value is -1.67. The highest BCUT2D eigenvalue weighted by molar-refractivity contribution is 9.10. The van der Waals surface area contributed by atoms with Crippen molar-refractivity contribution in [3.8, 4) is 5.75 Å². The summed E-state index contributed by atoms with van der Waals surface area (Å²) >= 11 is 2.94.